The Hall–Kier alpha value is -1.47. The van der Waals surface area contributed by atoms with Crippen LogP contribution in [0.25, 0.3) is 0 Å². The molecule has 1 aliphatic heterocycles. The third-order valence-corrected chi connectivity index (χ3v) is 2.63. The summed E-state index contributed by atoms with van der Waals surface area (Å²) in [5.41, 5.74) is 0. The van der Waals surface area contributed by atoms with Gasteiger partial charge in [0, 0.05) is 5.92 Å². The van der Waals surface area contributed by atoms with Gasteiger partial charge in [-0.3, -0.25) is 10.1 Å². The minimum Gasteiger partial charge on any atom is -0.373 e. The molecule has 0 unspecified atom stereocenters. The maximum Gasteiger partial charge on any atom is 0.328 e. The Morgan fingerprint density at radius 1 is 1.39 bits per heavy atom. The third kappa shape index (κ3) is 2.85. The molecule has 1 saturated heterocycles. The zero-order chi connectivity index (χ0) is 13.1. The lowest BCUT2D eigenvalue weighted by Gasteiger charge is -2.27. The van der Waals surface area contributed by atoms with Gasteiger partial charge in [-0.15, -0.1) is 0 Å². The van der Waals surface area contributed by atoms with Crippen molar-refractivity contribution in [3.8, 4) is 0 Å². The van der Waals surface area contributed by atoms with Gasteiger partial charge >= 0.3 is 6.01 Å². The summed E-state index contributed by atoms with van der Waals surface area (Å²) in [4.78, 5) is 16.0. The van der Waals surface area contributed by atoms with Crippen LogP contribution < -0.4 is 5.32 Å². The van der Waals surface area contributed by atoms with Crippen molar-refractivity contribution >= 4 is 11.9 Å². The molecule has 2 atom stereocenters. The molecule has 1 aromatic heterocycles. The topological polar surface area (TPSA) is 86.5 Å². The summed E-state index contributed by atoms with van der Waals surface area (Å²) in [5.74, 6) is 0.368. The molecular formula is C11H17N3O4. The van der Waals surface area contributed by atoms with E-state index in [0.29, 0.717) is 19.0 Å². The molecule has 0 saturated carbocycles. The highest BCUT2D eigenvalue weighted by molar-refractivity contribution is 5.92. The second kappa shape index (κ2) is 5.45. The van der Waals surface area contributed by atoms with Crippen LogP contribution in [-0.4, -0.2) is 41.5 Å². The lowest BCUT2D eigenvalue weighted by Crippen LogP contribution is -2.44. The predicted molar refractivity (Wildman–Crippen MR) is 62.2 cm³/mol. The van der Waals surface area contributed by atoms with E-state index in [1.165, 1.54) is 0 Å². The second-order valence-corrected chi connectivity index (χ2v) is 4.47. The zero-order valence-corrected chi connectivity index (χ0v) is 10.7. The number of rotatable bonds is 3. The van der Waals surface area contributed by atoms with E-state index in [9.17, 15) is 4.79 Å². The molecule has 0 aliphatic carbocycles. The first-order valence-electron chi connectivity index (χ1n) is 5.95. The van der Waals surface area contributed by atoms with Crippen molar-refractivity contribution in [1.29, 1.82) is 0 Å². The van der Waals surface area contributed by atoms with Crippen LogP contribution in [-0.2, 0) is 14.3 Å². The Morgan fingerprint density at radius 3 is 2.72 bits per heavy atom. The van der Waals surface area contributed by atoms with E-state index >= 15 is 0 Å². The van der Waals surface area contributed by atoms with Gasteiger partial charge in [0.1, 0.15) is 0 Å². The molecule has 2 rings (SSSR count). The highest BCUT2D eigenvalue weighted by Crippen LogP contribution is 2.15. The predicted octanol–water partition coefficient (Wildman–Crippen LogP) is 0.935. The molecule has 1 aliphatic rings. The number of nitrogens with one attached hydrogen (secondary N) is 1. The Bertz CT molecular complexity index is 418. The molecule has 18 heavy (non-hydrogen) atoms. The van der Waals surface area contributed by atoms with Gasteiger partial charge in [0.05, 0.1) is 19.3 Å². The summed E-state index contributed by atoms with van der Waals surface area (Å²) >= 11 is 0. The highest BCUT2D eigenvalue weighted by atomic mass is 16.6. The van der Waals surface area contributed by atoms with Crippen molar-refractivity contribution in [2.45, 2.75) is 38.9 Å². The fourth-order valence-electron chi connectivity index (χ4n) is 1.62. The van der Waals surface area contributed by atoms with Crippen molar-refractivity contribution in [2.24, 2.45) is 0 Å². The number of aromatic nitrogens is 2. The van der Waals surface area contributed by atoms with Crippen molar-refractivity contribution < 1.29 is 18.8 Å². The third-order valence-electron chi connectivity index (χ3n) is 2.63. The normalized spacial score (nSPS) is 24.2. The highest BCUT2D eigenvalue weighted by Gasteiger charge is 2.30. The van der Waals surface area contributed by atoms with Gasteiger partial charge < -0.3 is 14.0 Å². The molecule has 0 aromatic carbocycles. The summed E-state index contributed by atoms with van der Waals surface area (Å²) in [6, 6.07) is 0.0880. The van der Waals surface area contributed by atoms with Crippen LogP contribution in [0.4, 0.5) is 6.01 Å². The van der Waals surface area contributed by atoms with Crippen molar-refractivity contribution in [3.63, 3.8) is 0 Å². The number of nitrogens with zero attached hydrogens (tertiary/aromatic N) is 2. The summed E-state index contributed by atoms with van der Waals surface area (Å²) in [6.07, 6.45) is -0.931. The van der Waals surface area contributed by atoms with Crippen LogP contribution in [0.15, 0.2) is 4.52 Å². The summed E-state index contributed by atoms with van der Waals surface area (Å²) in [6.45, 7) is 6.58. The van der Waals surface area contributed by atoms with E-state index in [2.05, 4.69) is 15.5 Å². The molecule has 100 valence electrons. The van der Waals surface area contributed by atoms with Crippen LogP contribution in [0.1, 0.15) is 32.5 Å². The SMILES string of the molecule is CC(C)c1noc(NC(=O)[C@@H]2OCCO[C@@H]2C)n1. The van der Waals surface area contributed by atoms with E-state index < -0.39 is 6.10 Å². The van der Waals surface area contributed by atoms with E-state index in [4.69, 9.17) is 14.0 Å². The molecular weight excluding hydrogens is 238 g/mol. The first-order chi connectivity index (χ1) is 8.58. The van der Waals surface area contributed by atoms with Crippen LogP contribution in [0, 0.1) is 0 Å². The maximum atomic E-state index is 11.9. The van der Waals surface area contributed by atoms with E-state index in [-0.39, 0.29) is 23.9 Å². The smallest absolute Gasteiger partial charge is 0.328 e. The molecule has 1 aromatic rings. The largest absolute Gasteiger partial charge is 0.373 e. The number of carbonyl (C=O) groups excluding carboxylic acids is 1. The molecule has 0 bridgehead atoms. The van der Waals surface area contributed by atoms with Crippen LogP contribution in [0.5, 0.6) is 0 Å². The van der Waals surface area contributed by atoms with Gasteiger partial charge in [-0.05, 0) is 6.92 Å². The number of hydrogen-bond acceptors (Lipinski definition) is 6. The summed E-state index contributed by atoms with van der Waals surface area (Å²) < 4.78 is 15.6. The van der Waals surface area contributed by atoms with E-state index in [0.717, 1.165) is 0 Å². The average molecular weight is 255 g/mol. The summed E-state index contributed by atoms with van der Waals surface area (Å²) in [5, 5.41) is 6.29. The van der Waals surface area contributed by atoms with Crippen LogP contribution in [0.3, 0.4) is 0 Å². The van der Waals surface area contributed by atoms with E-state index in [1.54, 1.807) is 6.92 Å². The molecule has 2 heterocycles. The van der Waals surface area contributed by atoms with Gasteiger partial charge in [-0.25, -0.2) is 0 Å². The fraction of sp³-hybridized carbons (Fsp3) is 0.727. The molecule has 1 N–H and O–H groups in total. The Morgan fingerprint density at radius 2 is 2.11 bits per heavy atom. The molecule has 7 heteroatoms. The monoisotopic (exact) mass is 255 g/mol. The minimum atomic E-state index is -0.645. The van der Waals surface area contributed by atoms with Crippen LogP contribution in [0.2, 0.25) is 0 Å². The molecule has 0 radical (unpaired) electrons. The Balaban J connectivity index is 1.97. The maximum absolute atomic E-state index is 11.9. The molecule has 7 nitrogen and oxygen atoms in total. The first-order valence-corrected chi connectivity index (χ1v) is 5.95. The van der Waals surface area contributed by atoms with Crippen molar-refractivity contribution in [2.75, 3.05) is 18.5 Å². The van der Waals surface area contributed by atoms with Gasteiger partial charge in [0.25, 0.3) is 5.91 Å². The average Bonchev–Trinajstić information content (AvgIpc) is 2.78. The van der Waals surface area contributed by atoms with E-state index in [1.807, 2.05) is 13.8 Å². The molecule has 0 spiro atoms. The van der Waals surface area contributed by atoms with Gasteiger partial charge in [-0.1, -0.05) is 19.0 Å². The minimum absolute atomic E-state index is 0.0880. The van der Waals surface area contributed by atoms with Crippen LogP contribution >= 0.6 is 0 Å². The lowest BCUT2D eigenvalue weighted by molar-refractivity contribution is -0.157. The van der Waals surface area contributed by atoms with Crippen molar-refractivity contribution in [3.05, 3.63) is 5.82 Å². The number of ether oxygens (including phenoxy) is 2. The first kappa shape index (κ1) is 13.0. The molecule has 1 fully saturated rings. The second-order valence-electron chi connectivity index (χ2n) is 4.47. The summed E-state index contributed by atoms with van der Waals surface area (Å²) in [7, 11) is 0. The molecule has 1 amide bonds. The van der Waals surface area contributed by atoms with Gasteiger partial charge in [0.2, 0.25) is 0 Å². The van der Waals surface area contributed by atoms with Gasteiger partial charge in [0.15, 0.2) is 11.9 Å². The number of hydrogen-bond donors (Lipinski definition) is 1. The quantitative estimate of drug-likeness (QED) is 0.864. The fourth-order valence-corrected chi connectivity index (χ4v) is 1.62. The lowest BCUT2D eigenvalue weighted by atomic mass is 10.2. The Labute approximate surface area is 105 Å². The number of anilines is 1. The van der Waals surface area contributed by atoms with Crippen molar-refractivity contribution in [1.82, 2.24) is 10.1 Å². The van der Waals surface area contributed by atoms with Gasteiger partial charge in [-0.2, -0.15) is 4.98 Å². The Kier molecular flexibility index (Phi) is 3.93. The number of amides is 1. The zero-order valence-electron chi connectivity index (χ0n) is 10.7. The standard InChI is InChI=1S/C11H17N3O4/c1-6(2)9-12-11(18-14-9)13-10(15)8-7(3)16-4-5-17-8/h6-8H,4-5H2,1-3H3,(H,12,13,14,15)/t7-,8-/m1/s1. The number of carbonyl (C=O) groups is 1.